The molecule has 0 unspecified atom stereocenters. The third-order valence-corrected chi connectivity index (χ3v) is 3.93. The lowest BCUT2D eigenvalue weighted by molar-refractivity contribution is 0.409. The minimum absolute atomic E-state index is 0.927. The lowest BCUT2D eigenvalue weighted by Crippen LogP contribution is -1.96. The molecule has 0 amide bonds. The fraction of sp³-hybridized carbons (Fsp3) is 0.294. The van der Waals surface area contributed by atoms with Crippen molar-refractivity contribution >= 4 is 0 Å². The summed E-state index contributed by atoms with van der Waals surface area (Å²) in [6.45, 7) is 2.18. The van der Waals surface area contributed by atoms with Crippen molar-refractivity contribution in [2.24, 2.45) is 0 Å². The van der Waals surface area contributed by atoms with Gasteiger partial charge in [-0.15, -0.1) is 0 Å². The van der Waals surface area contributed by atoms with Crippen molar-refractivity contribution in [1.82, 2.24) is 0 Å². The quantitative estimate of drug-likeness (QED) is 0.707. The molecule has 0 aliphatic heterocycles. The molecule has 2 heteroatoms. The van der Waals surface area contributed by atoms with E-state index in [1.54, 1.807) is 14.2 Å². The Morgan fingerprint density at radius 1 is 1.00 bits per heavy atom. The predicted molar refractivity (Wildman–Crippen MR) is 77.2 cm³/mol. The standard InChI is InChI=1S/C17H18O2/c1-4-13-16-10-11-9-12(18-2)5-6-14(11)15(16)7-8-17(13)19-3/h5-9H,4,10H2,1-3H3. The van der Waals surface area contributed by atoms with Crippen molar-refractivity contribution < 1.29 is 9.47 Å². The van der Waals surface area contributed by atoms with Crippen LogP contribution in [0.5, 0.6) is 11.5 Å². The molecule has 2 aromatic carbocycles. The fourth-order valence-electron chi connectivity index (χ4n) is 3.00. The number of hydrogen-bond acceptors (Lipinski definition) is 2. The maximum atomic E-state index is 5.48. The van der Waals surface area contributed by atoms with E-state index in [1.807, 2.05) is 6.07 Å². The summed E-state index contributed by atoms with van der Waals surface area (Å²) in [5.41, 5.74) is 6.75. The van der Waals surface area contributed by atoms with Crippen LogP contribution in [0.15, 0.2) is 30.3 Å². The van der Waals surface area contributed by atoms with Gasteiger partial charge in [-0.3, -0.25) is 0 Å². The van der Waals surface area contributed by atoms with Gasteiger partial charge in [-0.25, -0.2) is 0 Å². The molecule has 0 saturated carbocycles. The van der Waals surface area contributed by atoms with Gasteiger partial charge in [0.2, 0.25) is 0 Å². The SMILES string of the molecule is CCc1c(OC)ccc2c1Cc1cc(OC)ccc1-2. The van der Waals surface area contributed by atoms with E-state index in [0.29, 0.717) is 0 Å². The Labute approximate surface area is 114 Å². The molecular formula is C17H18O2. The van der Waals surface area contributed by atoms with Gasteiger partial charge in [0.15, 0.2) is 0 Å². The highest BCUT2D eigenvalue weighted by molar-refractivity contribution is 5.79. The van der Waals surface area contributed by atoms with E-state index in [1.165, 1.54) is 27.8 Å². The maximum absolute atomic E-state index is 5.48. The van der Waals surface area contributed by atoms with Crippen LogP contribution in [0.25, 0.3) is 11.1 Å². The summed E-state index contributed by atoms with van der Waals surface area (Å²) in [4.78, 5) is 0. The summed E-state index contributed by atoms with van der Waals surface area (Å²) < 4.78 is 10.8. The van der Waals surface area contributed by atoms with Crippen molar-refractivity contribution in [2.75, 3.05) is 14.2 Å². The molecule has 0 radical (unpaired) electrons. The lowest BCUT2D eigenvalue weighted by Gasteiger charge is -2.11. The third kappa shape index (κ3) is 1.79. The van der Waals surface area contributed by atoms with Gasteiger partial charge < -0.3 is 9.47 Å². The van der Waals surface area contributed by atoms with Gasteiger partial charge in [-0.1, -0.05) is 19.1 Å². The minimum atomic E-state index is 0.927. The number of benzene rings is 2. The first kappa shape index (κ1) is 12.1. The molecule has 0 atom stereocenters. The van der Waals surface area contributed by atoms with Gasteiger partial charge in [0.25, 0.3) is 0 Å². The largest absolute Gasteiger partial charge is 0.497 e. The molecule has 3 rings (SSSR count). The van der Waals surface area contributed by atoms with Crippen molar-refractivity contribution in [1.29, 1.82) is 0 Å². The molecule has 0 heterocycles. The summed E-state index contributed by atoms with van der Waals surface area (Å²) >= 11 is 0. The van der Waals surface area contributed by atoms with E-state index in [4.69, 9.17) is 9.47 Å². The first-order valence-corrected chi connectivity index (χ1v) is 6.64. The Morgan fingerprint density at radius 3 is 2.47 bits per heavy atom. The van der Waals surface area contributed by atoms with Gasteiger partial charge >= 0.3 is 0 Å². The first-order chi connectivity index (χ1) is 9.28. The van der Waals surface area contributed by atoms with E-state index >= 15 is 0 Å². The van der Waals surface area contributed by atoms with E-state index in [0.717, 1.165) is 24.3 Å². The number of hydrogen-bond donors (Lipinski definition) is 0. The molecule has 1 aliphatic carbocycles. The van der Waals surface area contributed by atoms with Gasteiger partial charge in [-0.2, -0.15) is 0 Å². The fourth-order valence-corrected chi connectivity index (χ4v) is 3.00. The van der Waals surface area contributed by atoms with E-state index in [2.05, 4.69) is 31.2 Å². The second-order valence-corrected chi connectivity index (χ2v) is 4.83. The van der Waals surface area contributed by atoms with Crippen LogP contribution in [0.2, 0.25) is 0 Å². The molecule has 19 heavy (non-hydrogen) atoms. The molecule has 98 valence electrons. The smallest absolute Gasteiger partial charge is 0.122 e. The van der Waals surface area contributed by atoms with Gasteiger partial charge in [0.1, 0.15) is 11.5 Å². The monoisotopic (exact) mass is 254 g/mol. The molecular weight excluding hydrogens is 236 g/mol. The number of ether oxygens (including phenoxy) is 2. The Bertz CT molecular complexity index is 629. The zero-order chi connectivity index (χ0) is 13.4. The second kappa shape index (κ2) is 4.61. The third-order valence-electron chi connectivity index (χ3n) is 3.93. The predicted octanol–water partition coefficient (Wildman–Crippen LogP) is 3.84. The molecule has 2 aromatic rings. The number of methoxy groups -OCH3 is 2. The molecule has 0 saturated heterocycles. The van der Waals surface area contributed by atoms with E-state index in [9.17, 15) is 0 Å². The van der Waals surface area contributed by atoms with Crippen LogP contribution in [0.3, 0.4) is 0 Å². The average Bonchev–Trinajstić information content (AvgIpc) is 2.83. The van der Waals surface area contributed by atoms with Gasteiger partial charge in [-0.05, 0) is 58.9 Å². The van der Waals surface area contributed by atoms with Gasteiger partial charge in [0.05, 0.1) is 14.2 Å². The van der Waals surface area contributed by atoms with E-state index in [-0.39, 0.29) is 0 Å². The van der Waals surface area contributed by atoms with Crippen LogP contribution in [0, 0.1) is 0 Å². The summed E-state index contributed by atoms with van der Waals surface area (Å²) in [5, 5.41) is 0. The summed E-state index contributed by atoms with van der Waals surface area (Å²) in [6, 6.07) is 10.6. The zero-order valence-electron chi connectivity index (χ0n) is 11.6. The molecule has 0 aromatic heterocycles. The van der Waals surface area contributed by atoms with Crippen LogP contribution in [0.1, 0.15) is 23.6 Å². The van der Waals surface area contributed by atoms with E-state index < -0.39 is 0 Å². The highest BCUT2D eigenvalue weighted by atomic mass is 16.5. The Hall–Kier alpha value is -1.96. The van der Waals surface area contributed by atoms with Crippen molar-refractivity contribution in [3.63, 3.8) is 0 Å². The molecule has 2 nitrogen and oxygen atoms in total. The number of rotatable bonds is 3. The van der Waals surface area contributed by atoms with Crippen molar-refractivity contribution in [2.45, 2.75) is 19.8 Å². The molecule has 1 aliphatic rings. The number of fused-ring (bicyclic) bond motifs is 3. The zero-order valence-corrected chi connectivity index (χ0v) is 11.6. The minimum Gasteiger partial charge on any atom is -0.497 e. The molecule has 0 N–H and O–H groups in total. The van der Waals surface area contributed by atoms with Crippen LogP contribution in [-0.4, -0.2) is 14.2 Å². The summed E-state index contributed by atoms with van der Waals surface area (Å²) in [6.07, 6.45) is 1.97. The second-order valence-electron chi connectivity index (χ2n) is 4.83. The Kier molecular flexibility index (Phi) is 2.94. The maximum Gasteiger partial charge on any atom is 0.122 e. The molecule has 0 fully saturated rings. The van der Waals surface area contributed by atoms with Gasteiger partial charge in [0, 0.05) is 0 Å². The molecule has 0 spiro atoms. The lowest BCUT2D eigenvalue weighted by atomic mass is 9.98. The highest BCUT2D eigenvalue weighted by Gasteiger charge is 2.23. The normalized spacial score (nSPS) is 11.9. The topological polar surface area (TPSA) is 18.5 Å². The summed E-state index contributed by atoms with van der Waals surface area (Å²) in [5.74, 6) is 1.93. The van der Waals surface area contributed by atoms with Crippen LogP contribution in [0.4, 0.5) is 0 Å². The average molecular weight is 254 g/mol. The summed E-state index contributed by atoms with van der Waals surface area (Å²) in [7, 11) is 3.45. The van der Waals surface area contributed by atoms with Crippen molar-refractivity contribution in [3.8, 4) is 22.6 Å². The Balaban J connectivity index is 2.16. The van der Waals surface area contributed by atoms with Crippen LogP contribution < -0.4 is 9.47 Å². The van der Waals surface area contributed by atoms with Crippen molar-refractivity contribution in [3.05, 3.63) is 47.0 Å². The Morgan fingerprint density at radius 2 is 1.79 bits per heavy atom. The highest BCUT2D eigenvalue weighted by Crippen LogP contribution is 2.42. The molecule has 0 bridgehead atoms. The van der Waals surface area contributed by atoms with Crippen LogP contribution in [-0.2, 0) is 12.8 Å². The first-order valence-electron chi connectivity index (χ1n) is 6.64. The van der Waals surface area contributed by atoms with Crippen LogP contribution >= 0.6 is 0 Å².